The van der Waals surface area contributed by atoms with Crippen LogP contribution in [0.3, 0.4) is 0 Å². The highest BCUT2D eigenvalue weighted by Gasteiger charge is 2.27. The van der Waals surface area contributed by atoms with Crippen molar-refractivity contribution < 1.29 is 8.78 Å². The molecule has 1 saturated heterocycles. The molecule has 1 aliphatic heterocycles. The van der Waals surface area contributed by atoms with Crippen molar-refractivity contribution in [3.05, 3.63) is 29.8 Å². The zero-order chi connectivity index (χ0) is 14.0. The number of nitrogens with one attached hydrogen (secondary N) is 1. The number of nitrogens with zero attached hydrogens (tertiary/aromatic N) is 1. The third-order valence-electron chi connectivity index (χ3n) is 3.63. The van der Waals surface area contributed by atoms with Gasteiger partial charge >= 0.3 is 0 Å². The summed E-state index contributed by atoms with van der Waals surface area (Å²) in [7, 11) is 0. The van der Waals surface area contributed by atoms with Crippen molar-refractivity contribution in [3.8, 4) is 0 Å². The first-order valence-electron chi connectivity index (χ1n) is 6.92. The number of hydrogen-bond acceptors (Lipinski definition) is 2. The van der Waals surface area contributed by atoms with Crippen LogP contribution >= 0.6 is 0 Å². The maximum atomic E-state index is 13.9. The SMILES string of the molecule is CC(C)CC1CN(c2ccc(F)cc2F)C(C)CN1. The van der Waals surface area contributed by atoms with E-state index in [9.17, 15) is 8.78 Å². The van der Waals surface area contributed by atoms with Gasteiger partial charge in [-0.15, -0.1) is 0 Å². The lowest BCUT2D eigenvalue weighted by molar-refractivity contribution is 0.353. The van der Waals surface area contributed by atoms with E-state index in [1.54, 1.807) is 6.07 Å². The van der Waals surface area contributed by atoms with Gasteiger partial charge in [-0.25, -0.2) is 8.78 Å². The second kappa shape index (κ2) is 5.87. The smallest absolute Gasteiger partial charge is 0.149 e. The van der Waals surface area contributed by atoms with Gasteiger partial charge in [0.05, 0.1) is 5.69 Å². The molecule has 0 bridgehead atoms. The van der Waals surface area contributed by atoms with Gasteiger partial charge in [0.1, 0.15) is 11.6 Å². The average Bonchev–Trinajstić information content (AvgIpc) is 2.31. The van der Waals surface area contributed by atoms with Crippen LogP contribution in [-0.4, -0.2) is 25.2 Å². The van der Waals surface area contributed by atoms with Crippen molar-refractivity contribution in [1.82, 2.24) is 5.32 Å². The van der Waals surface area contributed by atoms with Crippen LogP contribution in [0.15, 0.2) is 18.2 Å². The molecule has 0 aromatic heterocycles. The van der Waals surface area contributed by atoms with Gasteiger partial charge in [0.25, 0.3) is 0 Å². The van der Waals surface area contributed by atoms with Crippen LogP contribution in [0, 0.1) is 17.6 Å². The Kier molecular flexibility index (Phi) is 4.40. The van der Waals surface area contributed by atoms with E-state index in [0.29, 0.717) is 17.6 Å². The Bertz CT molecular complexity index is 434. The summed E-state index contributed by atoms with van der Waals surface area (Å²) in [5.74, 6) is -0.398. The van der Waals surface area contributed by atoms with E-state index in [4.69, 9.17) is 0 Å². The van der Waals surface area contributed by atoms with Gasteiger partial charge in [0.15, 0.2) is 0 Å². The van der Waals surface area contributed by atoms with Gasteiger partial charge in [0.2, 0.25) is 0 Å². The Morgan fingerprint density at radius 1 is 1.37 bits per heavy atom. The fraction of sp³-hybridized carbons (Fsp3) is 0.600. The molecule has 1 fully saturated rings. The maximum absolute atomic E-state index is 13.9. The quantitative estimate of drug-likeness (QED) is 0.905. The minimum absolute atomic E-state index is 0.211. The first kappa shape index (κ1) is 14.3. The molecule has 2 atom stereocenters. The van der Waals surface area contributed by atoms with Crippen LogP contribution in [0.25, 0.3) is 0 Å². The Balaban J connectivity index is 2.16. The van der Waals surface area contributed by atoms with Crippen LogP contribution in [0.1, 0.15) is 27.2 Å². The van der Waals surface area contributed by atoms with E-state index in [1.165, 1.54) is 6.07 Å². The van der Waals surface area contributed by atoms with Gasteiger partial charge in [-0.2, -0.15) is 0 Å². The van der Waals surface area contributed by atoms with Crippen LogP contribution in [0.5, 0.6) is 0 Å². The van der Waals surface area contributed by atoms with Gasteiger partial charge in [-0.3, -0.25) is 0 Å². The monoisotopic (exact) mass is 268 g/mol. The van der Waals surface area contributed by atoms with Gasteiger partial charge in [0, 0.05) is 31.2 Å². The largest absolute Gasteiger partial charge is 0.364 e. The number of piperazine rings is 1. The van der Waals surface area contributed by atoms with Crippen molar-refractivity contribution in [1.29, 1.82) is 0 Å². The highest BCUT2D eigenvalue weighted by atomic mass is 19.1. The number of hydrogen-bond donors (Lipinski definition) is 1. The molecule has 2 rings (SSSR count). The summed E-state index contributed by atoms with van der Waals surface area (Å²) >= 11 is 0. The molecular weight excluding hydrogens is 246 g/mol. The summed E-state index contributed by atoms with van der Waals surface area (Å²) in [5, 5.41) is 3.49. The molecule has 1 aromatic rings. The normalized spacial score (nSPS) is 24.0. The first-order chi connectivity index (χ1) is 8.97. The van der Waals surface area contributed by atoms with Gasteiger partial charge in [-0.1, -0.05) is 13.8 Å². The summed E-state index contributed by atoms with van der Waals surface area (Å²) < 4.78 is 26.9. The number of benzene rings is 1. The summed E-state index contributed by atoms with van der Waals surface area (Å²) in [6.07, 6.45) is 1.06. The lowest BCUT2D eigenvalue weighted by Crippen LogP contribution is -2.56. The predicted molar refractivity (Wildman–Crippen MR) is 74.4 cm³/mol. The molecule has 0 saturated carbocycles. The minimum atomic E-state index is -0.525. The zero-order valence-corrected chi connectivity index (χ0v) is 11.8. The lowest BCUT2D eigenvalue weighted by Gasteiger charge is -2.41. The fourth-order valence-electron chi connectivity index (χ4n) is 2.71. The molecule has 1 N–H and O–H groups in total. The van der Waals surface area contributed by atoms with E-state index < -0.39 is 11.6 Å². The molecule has 1 aliphatic rings. The third-order valence-corrected chi connectivity index (χ3v) is 3.63. The summed E-state index contributed by atoms with van der Waals surface area (Å²) in [5.41, 5.74) is 0.504. The van der Waals surface area contributed by atoms with Crippen LogP contribution in [0.2, 0.25) is 0 Å². The molecular formula is C15H22F2N2. The molecule has 1 heterocycles. The topological polar surface area (TPSA) is 15.3 Å². The summed E-state index contributed by atoms with van der Waals surface area (Å²) in [4.78, 5) is 2.04. The van der Waals surface area contributed by atoms with Crippen molar-refractivity contribution in [2.45, 2.75) is 39.3 Å². The first-order valence-corrected chi connectivity index (χ1v) is 6.92. The van der Waals surface area contributed by atoms with E-state index in [1.807, 2.05) is 4.90 Å². The second-order valence-corrected chi connectivity index (χ2v) is 5.83. The lowest BCUT2D eigenvalue weighted by atomic mass is 9.99. The Labute approximate surface area is 113 Å². The van der Waals surface area contributed by atoms with Crippen LogP contribution in [-0.2, 0) is 0 Å². The molecule has 0 aliphatic carbocycles. The molecule has 2 unspecified atom stereocenters. The number of anilines is 1. The van der Waals surface area contributed by atoms with Crippen molar-refractivity contribution in [3.63, 3.8) is 0 Å². The van der Waals surface area contributed by atoms with Gasteiger partial charge < -0.3 is 10.2 Å². The van der Waals surface area contributed by atoms with Crippen LogP contribution < -0.4 is 10.2 Å². The van der Waals surface area contributed by atoms with Crippen molar-refractivity contribution in [2.75, 3.05) is 18.0 Å². The molecule has 0 radical (unpaired) electrons. The Morgan fingerprint density at radius 3 is 2.74 bits per heavy atom. The van der Waals surface area contributed by atoms with E-state index in [-0.39, 0.29) is 6.04 Å². The van der Waals surface area contributed by atoms with Crippen molar-refractivity contribution >= 4 is 5.69 Å². The molecule has 4 heteroatoms. The Hall–Kier alpha value is -1.16. The van der Waals surface area contributed by atoms with Gasteiger partial charge in [-0.05, 0) is 31.4 Å². The summed E-state index contributed by atoms with van der Waals surface area (Å²) in [6, 6.07) is 4.40. The minimum Gasteiger partial charge on any atom is -0.364 e. The molecule has 1 aromatic carbocycles. The number of rotatable bonds is 3. The predicted octanol–water partition coefficient (Wildman–Crippen LogP) is 3.18. The molecule has 106 valence electrons. The third kappa shape index (κ3) is 3.44. The zero-order valence-electron chi connectivity index (χ0n) is 11.8. The average molecular weight is 268 g/mol. The standard InChI is InChI=1S/C15H22F2N2/c1-10(2)6-13-9-19(11(3)8-18-13)15-5-4-12(16)7-14(15)17/h4-5,7,10-11,13,18H,6,8-9H2,1-3H3. The highest BCUT2D eigenvalue weighted by molar-refractivity contribution is 5.49. The van der Waals surface area contributed by atoms with E-state index >= 15 is 0 Å². The van der Waals surface area contributed by atoms with E-state index in [2.05, 4.69) is 26.1 Å². The maximum Gasteiger partial charge on any atom is 0.149 e. The molecule has 19 heavy (non-hydrogen) atoms. The molecule has 2 nitrogen and oxygen atoms in total. The summed E-state index contributed by atoms with van der Waals surface area (Å²) in [6.45, 7) is 8.02. The Morgan fingerprint density at radius 2 is 2.11 bits per heavy atom. The number of halogens is 2. The second-order valence-electron chi connectivity index (χ2n) is 5.83. The highest BCUT2D eigenvalue weighted by Crippen LogP contribution is 2.25. The fourth-order valence-corrected chi connectivity index (χ4v) is 2.71. The van der Waals surface area contributed by atoms with E-state index in [0.717, 1.165) is 25.6 Å². The molecule has 0 spiro atoms. The van der Waals surface area contributed by atoms with Crippen molar-refractivity contribution in [2.24, 2.45) is 5.92 Å². The van der Waals surface area contributed by atoms with Crippen LogP contribution in [0.4, 0.5) is 14.5 Å². The molecule has 0 amide bonds.